The van der Waals surface area contributed by atoms with Crippen LogP contribution in [0.2, 0.25) is 5.02 Å². The summed E-state index contributed by atoms with van der Waals surface area (Å²) in [6.45, 7) is 5.30. The van der Waals surface area contributed by atoms with E-state index in [4.69, 9.17) is 16.3 Å². The molecule has 3 aromatic heterocycles. The van der Waals surface area contributed by atoms with Gasteiger partial charge in [0.15, 0.2) is 16.6 Å². The van der Waals surface area contributed by atoms with Gasteiger partial charge in [0.25, 0.3) is 0 Å². The minimum atomic E-state index is -4.56. The van der Waals surface area contributed by atoms with Crippen molar-refractivity contribution in [2.75, 3.05) is 12.4 Å². The van der Waals surface area contributed by atoms with E-state index < -0.39 is 11.7 Å². The average molecular weight is 473 g/mol. The lowest BCUT2D eigenvalue weighted by Gasteiger charge is -2.14. The number of hydrogen-bond acceptors (Lipinski definition) is 5. The van der Waals surface area contributed by atoms with Gasteiger partial charge >= 0.3 is 6.18 Å². The molecule has 1 fully saturated rings. The van der Waals surface area contributed by atoms with Crippen molar-refractivity contribution in [3.63, 3.8) is 0 Å². The van der Waals surface area contributed by atoms with Crippen LogP contribution in [0.4, 0.5) is 13.2 Å². The standard InChI is InChI=1S/C20H20ClF3N4O2S/c1-11-6-15(12(2)27(11)9-14-4-3-5-30-14)17(29)10-31-19-26-25-18-16(21)7-13(8-28(18)19)20(22,23)24/h6-8,14H,3-5,9-10H2,1-2H3/t14-/m1/s1. The fourth-order valence-electron chi connectivity index (χ4n) is 3.75. The summed E-state index contributed by atoms with van der Waals surface area (Å²) >= 11 is 6.96. The Bertz CT molecular complexity index is 1140. The van der Waals surface area contributed by atoms with Crippen LogP contribution in [0, 0.1) is 13.8 Å². The van der Waals surface area contributed by atoms with Gasteiger partial charge in [-0.05, 0) is 38.8 Å². The number of thioether (sulfide) groups is 1. The van der Waals surface area contributed by atoms with E-state index >= 15 is 0 Å². The third-order valence-electron chi connectivity index (χ3n) is 5.37. The first-order valence-electron chi connectivity index (χ1n) is 9.71. The summed E-state index contributed by atoms with van der Waals surface area (Å²) < 4.78 is 48.3. The first-order valence-corrected chi connectivity index (χ1v) is 11.1. The van der Waals surface area contributed by atoms with Gasteiger partial charge in [-0.25, -0.2) is 0 Å². The second-order valence-electron chi connectivity index (χ2n) is 7.49. The maximum atomic E-state index is 13.1. The molecule has 0 amide bonds. The van der Waals surface area contributed by atoms with Crippen molar-refractivity contribution in [2.45, 2.75) is 50.7 Å². The molecule has 0 unspecified atom stereocenters. The highest BCUT2D eigenvalue weighted by Crippen LogP contribution is 2.33. The average Bonchev–Trinajstić information content (AvgIpc) is 3.42. The van der Waals surface area contributed by atoms with Crippen LogP contribution in [0.15, 0.2) is 23.5 Å². The number of ketones is 1. The van der Waals surface area contributed by atoms with Crippen LogP contribution in [0.25, 0.3) is 5.65 Å². The summed E-state index contributed by atoms with van der Waals surface area (Å²) in [5.74, 6) is -0.120. The smallest absolute Gasteiger partial charge is 0.376 e. The Morgan fingerprint density at radius 2 is 2.10 bits per heavy atom. The molecule has 0 radical (unpaired) electrons. The number of aryl methyl sites for hydroxylation is 1. The van der Waals surface area contributed by atoms with Gasteiger partial charge in [0.2, 0.25) is 0 Å². The summed E-state index contributed by atoms with van der Waals surface area (Å²) in [5, 5.41) is 7.77. The summed E-state index contributed by atoms with van der Waals surface area (Å²) in [6, 6.07) is 2.65. The highest BCUT2D eigenvalue weighted by Gasteiger charge is 2.32. The minimum absolute atomic E-state index is 0.0128. The van der Waals surface area contributed by atoms with Crippen molar-refractivity contribution in [1.82, 2.24) is 19.2 Å². The van der Waals surface area contributed by atoms with Crippen LogP contribution in [-0.2, 0) is 17.5 Å². The number of carbonyl (C=O) groups is 1. The first kappa shape index (κ1) is 22.2. The molecule has 0 N–H and O–H groups in total. The van der Waals surface area contributed by atoms with Crippen molar-refractivity contribution in [1.29, 1.82) is 0 Å². The maximum absolute atomic E-state index is 13.1. The highest BCUT2D eigenvalue weighted by atomic mass is 35.5. The SMILES string of the molecule is Cc1cc(C(=O)CSc2nnc3c(Cl)cc(C(F)(F)F)cn23)c(C)n1C[C@H]1CCCO1. The Morgan fingerprint density at radius 1 is 1.32 bits per heavy atom. The molecule has 0 aliphatic carbocycles. The van der Waals surface area contributed by atoms with Crippen LogP contribution in [0.3, 0.4) is 0 Å². The van der Waals surface area contributed by atoms with Gasteiger partial charge in [0.05, 0.1) is 22.4 Å². The van der Waals surface area contributed by atoms with E-state index in [9.17, 15) is 18.0 Å². The predicted octanol–water partition coefficient (Wildman–Crippen LogP) is 4.97. The van der Waals surface area contributed by atoms with Gasteiger partial charge in [-0.1, -0.05) is 23.4 Å². The van der Waals surface area contributed by atoms with E-state index in [2.05, 4.69) is 14.8 Å². The molecular formula is C20H20ClF3N4O2S. The third-order valence-corrected chi connectivity index (χ3v) is 6.59. The molecule has 3 aromatic rings. The lowest BCUT2D eigenvalue weighted by Crippen LogP contribution is -2.17. The van der Waals surface area contributed by atoms with Crippen molar-refractivity contribution >= 4 is 34.8 Å². The number of hydrogen-bond donors (Lipinski definition) is 0. The van der Waals surface area contributed by atoms with Crippen LogP contribution in [0.5, 0.6) is 0 Å². The molecule has 1 aliphatic heterocycles. The number of ether oxygens (including phenoxy) is 1. The van der Waals surface area contributed by atoms with Crippen LogP contribution in [-0.4, -0.2) is 43.4 Å². The molecule has 166 valence electrons. The summed E-state index contributed by atoms with van der Waals surface area (Å²) in [4.78, 5) is 12.9. The van der Waals surface area contributed by atoms with E-state index in [1.165, 1.54) is 4.40 Å². The molecule has 4 heterocycles. The molecular weight excluding hydrogens is 453 g/mol. The minimum Gasteiger partial charge on any atom is -0.376 e. The number of aromatic nitrogens is 4. The summed E-state index contributed by atoms with van der Waals surface area (Å²) in [7, 11) is 0. The van der Waals surface area contributed by atoms with E-state index in [1.807, 2.05) is 19.9 Å². The third kappa shape index (κ3) is 4.47. The molecule has 1 aliphatic rings. The van der Waals surface area contributed by atoms with Crippen LogP contribution < -0.4 is 0 Å². The number of nitrogens with zero attached hydrogens (tertiary/aromatic N) is 4. The molecule has 0 bridgehead atoms. The quantitative estimate of drug-likeness (QED) is 0.374. The zero-order valence-corrected chi connectivity index (χ0v) is 18.4. The predicted molar refractivity (Wildman–Crippen MR) is 111 cm³/mol. The van der Waals surface area contributed by atoms with Gasteiger partial charge in [-0.15, -0.1) is 10.2 Å². The van der Waals surface area contributed by atoms with Gasteiger partial charge in [-0.3, -0.25) is 9.20 Å². The number of fused-ring (bicyclic) bond motifs is 1. The number of halogens is 4. The van der Waals surface area contributed by atoms with Gasteiger partial charge < -0.3 is 9.30 Å². The van der Waals surface area contributed by atoms with E-state index in [0.717, 1.165) is 54.9 Å². The molecule has 4 rings (SSSR count). The Balaban J connectivity index is 1.53. The molecule has 6 nitrogen and oxygen atoms in total. The van der Waals surface area contributed by atoms with E-state index in [1.54, 1.807) is 0 Å². The Kier molecular flexibility index (Phi) is 6.06. The number of pyridine rings is 1. The monoisotopic (exact) mass is 472 g/mol. The fraction of sp³-hybridized carbons (Fsp3) is 0.450. The zero-order chi connectivity index (χ0) is 22.3. The molecule has 0 aromatic carbocycles. The van der Waals surface area contributed by atoms with Crippen molar-refractivity contribution < 1.29 is 22.7 Å². The number of carbonyl (C=O) groups excluding carboxylic acids is 1. The molecule has 0 spiro atoms. The summed E-state index contributed by atoms with van der Waals surface area (Å²) in [6.07, 6.45) is -1.48. The number of alkyl halides is 3. The largest absolute Gasteiger partial charge is 0.417 e. The first-order chi connectivity index (χ1) is 14.6. The van der Waals surface area contributed by atoms with E-state index in [-0.39, 0.29) is 33.5 Å². The topological polar surface area (TPSA) is 61.4 Å². The second kappa shape index (κ2) is 8.48. The lowest BCUT2D eigenvalue weighted by molar-refractivity contribution is -0.137. The van der Waals surface area contributed by atoms with Crippen molar-refractivity contribution in [3.8, 4) is 0 Å². The Morgan fingerprint density at radius 3 is 2.77 bits per heavy atom. The fourth-order valence-corrected chi connectivity index (χ4v) is 4.79. The molecule has 11 heteroatoms. The molecule has 0 saturated carbocycles. The van der Waals surface area contributed by atoms with Crippen molar-refractivity contribution in [3.05, 3.63) is 45.9 Å². The normalized spacial score (nSPS) is 17.0. The van der Waals surface area contributed by atoms with Crippen LogP contribution in [0.1, 0.15) is 40.2 Å². The van der Waals surface area contributed by atoms with Gasteiger partial charge in [0.1, 0.15) is 0 Å². The van der Waals surface area contributed by atoms with Gasteiger partial charge in [-0.2, -0.15) is 13.2 Å². The molecule has 1 atom stereocenters. The lowest BCUT2D eigenvalue weighted by atomic mass is 10.2. The summed E-state index contributed by atoms with van der Waals surface area (Å²) in [5.41, 5.74) is 1.61. The zero-order valence-electron chi connectivity index (χ0n) is 16.9. The Hall–Kier alpha value is -2.04. The van der Waals surface area contributed by atoms with Crippen LogP contribution >= 0.6 is 23.4 Å². The molecule has 31 heavy (non-hydrogen) atoms. The van der Waals surface area contributed by atoms with Crippen molar-refractivity contribution in [2.24, 2.45) is 0 Å². The number of Topliss-reactive ketones (excluding diaryl/α,β-unsaturated/α-hetero) is 1. The maximum Gasteiger partial charge on any atom is 0.417 e. The molecule has 1 saturated heterocycles. The van der Waals surface area contributed by atoms with E-state index in [0.29, 0.717) is 12.1 Å². The second-order valence-corrected chi connectivity index (χ2v) is 8.84. The number of rotatable bonds is 6. The highest BCUT2D eigenvalue weighted by molar-refractivity contribution is 7.99. The Labute approximate surface area is 185 Å². The van der Waals surface area contributed by atoms with Gasteiger partial charge in [0, 0.05) is 36.3 Å².